The van der Waals surface area contributed by atoms with Crippen molar-refractivity contribution in [3.63, 3.8) is 0 Å². The lowest BCUT2D eigenvalue weighted by atomic mass is 10.4. The van der Waals surface area contributed by atoms with Gasteiger partial charge in [0.05, 0.1) is 18.5 Å². The van der Waals surface area contributed by atoms with Crippen molar-refractivity contribution in [2.75, 3.05) is 33.4 Å². The number of hydrogen-bond donors (Lipinski definition) is 0. The molecule has 1 aliphatic rings. The number of rotatable bonds is 3. The van der Waals surface area contributed by atoms with Crippen LogP contribution >= 0.6 is 7.52 Å². The van der Waals surface area contributed by atoms with Gasteiger partial charge in [-0.2, -0.15) is 0 Å². The molecule has 0 N–H and O–H groups in total. The Balaban J connectivity index is 2.28. The van der Waals surface area contributed by atoms with E-state index in [0.29, 0.717) is 26.3 Å². The second-order valence-corrected chi connectivity index (χ2v) is 6.09. The van der Waals surface area contributed by atoms with Crippen LogP contribution in [-0.4, -0.2) is 38.1 Å². The zero-order valence-corrected chi connectivity index (χ0v) is 10.2. The highest BCUT2D eigenvalue weighted by Gasteiger charge is 2.33. The van der Waals surface area contributed by atoms with Crippen LogP contribution in [0.15, 0.2) is 30.3 Å². The van der Waals surface area contributed by atoms with Gasteiger partial charge in [-0.1, -0.05) is 18.2 Å². The molecule has 1 fully saturated rings. The number of nitrogens with zero attached hydrogens (tertiary/aromatic N) is 1. The van der Waals surface area contributed by atoms with Gasteiger partial charge in [-0.05, 0) is 12.1 Å². The van der Waals surface area contributed by atoms with E-state index in [0.717, 1.165) is 5.30 Å². The summed E-state index contributed by atoms with van der Waals surface area (Å²) in [6.45, 7) is 2.53. The van der Waals surface area contributed by atoms with Crippen LogP contribution < -0.4 is 5.30 Å². The van der Waals surface area contributed by atoms with Gasteiger partial charge in [0.2, 0.25) is 0 Å². The van der Waals surface area contributed by atoms with Crippen molar-refractivity contribution in [3.05, 3.63) is 30.3 Å². The van der Waals surface area contributed by atoms with Gasteiger partial charge in [-0.25, -0.2) is 4.67 Å². The Morgan fingerprint density at radius 2 is 1.88 bits per heavy atom. The molecule has 1 aromatic rings. The standard InChI is InChI=1S/C11H16NO3P/c1-14-16(13,11-5-3-2-4-6-11)12-7-9-15-10-8-12/h2-6H,7-10H2,1H3. The van der Waals surface area contributed by atoms with Gasteiger partial charge in [-0.15, -0.1) is 0 Å². The van der Waals surface area contributed by atoms with Crippen LogP contribution in [0, 0.1) is 0 Å². The first kappa shape index (κ1) is 11.8. The van der Waals surface area contributed by atoms with Gasteiger partial charge in [0.25, 0.3) is 0 Å². The molecule has 1 unspecified atom stereocenters. The second kappa shape index (κ2) is 5.11. The molecule has 0 spiro atoms. The summed E-state index contributed by atoms with van der Waals surface area (Å²) in [4.78, 5) is 0. The van der Waals surface area contributed by atoms with Crippen molar-refractivity contribution in [1.29, 1.82) is 0 Å². The van der Waals surface area contributed by atoms with E-state index in [4.69, 9.17) is 9.26 Å². The molecule has 1 atom stereocenters. The third-order valence-electron chi connectivity index (χ3n) is 2.69. The largest absolute Gasteiger partial charge is 0.379 e. The monoisotopic (exact) mass is 241 g/mol. The summed E-state index contributed by atoms with van der Waals surface area (Å²) in [5.74, 6) is 0. The van der Waals surface area contributed by atoms with Crippen LogP contribution in [0.25, 0.3) is 0 Å². The van der Waals surface area contributed by atoms with Crippen molar-refractivity contribution >= 4 is 12.8 Å². The van der Waals surface area contributed by atoms with E-state index in [1.807, 2.05) is 35.0 Å². The van der Waals surface area contributed by atoms with Crippen LogP contribution in [0.5, 0.6) is 0 Å². The fourth-order valence-corrected chi connectivity index (χ4v) is 3.82. The van der Waals surface area contributed by atoms with Crippen molar-refractivity contribution in [3.8, 4) is 0 Å². The Hall–Kier alpha value is -0.670. The summed E-state index contributed by atoms with van der Waals surface area (Å²) >= 11 is 0. The van der Waals surface area contributed by atoms with Gasteiger partial charge in [0, 0.05) is 20.2 Å². The van der Waals surface area contributed by atoms with Crippen LogP contribution in [0.1, 0.15) is 0 Å². The quantitative estimate of drug-likeness (QED) is 0.751. The molecule has 1 saturated heterocycles. The van der Waals surface area contributed by atoms with E-state index in [-0.39, 0.29) is 0 Å². The molecule has 0 radical (unpaired) electrons. The molecule has 0 bridgehead atoms. The van der Waals surface area contributed by atoms with Gasteiger partial charge in [-0.3, -0.25) is 4.57 Å². The van der Waals surface area contributed by atoms with Gasteiger partial charge in [0.15, 0.2) is 0 Å². The van der Waals surface area contributed by atoms with E-state index in [1.165, 1.54) is 7.11 Å². The molecule has 0 aliphatic carbocycles. The first-order chi connectivity index (χ1) is 7.77. The minimum atomic E-state index is -2.87. The van der Waals surface area contributed by atoms with Gasteiger partial charge >= 0.3 is 7.52 Å². The minimum Gasteiger partial charge on any atom is -0.379 e. The zero-order chi connectivity index (χ0) is 11.4. The maximum absolute atomic E-state index is 12.8. The predicted molar refractivity (Wildman–Crippen MR) is 63.1 cm³/mol. The lowest BCUT2D eigenvalue weighted by molar-refractivity contribution is 0.0673. The van der Waals surface area contributed by atoms with Crippen molar-refractivity contribution in [2.45, 2.75) is 0 Å². The molecular formula is C11H16NO3P. The van der Waals surface area contributed by atoms with Crippen LogP contribution in [0.2, 0.25) is 0 Å². The maximum atomic E-state index is 12.8. The Morgan fingerprint density at radius 3 is 2.44 bits per heavy atom. The molecule has 16 heavy (non-hydrogen) atoms. The molecular weight excluding hydrogens is 225 g/mol. The van der Waals surface area contributed by atoms with Crippen molar-refractivity contribution in [2.24, 2.45) is 0 Å². The first-order valence-corrected chi connectivity index (χ1v) is 6.90. The fourth-order valence-electron chi connectivity index (χ4n) is 1.82. The average Bonchev–Trinajstić information content (AvgIpc) is 2.40. The molecule has 1 aromatic carbocycles. The topological polar surface area (TPSA) is 38.8 Å². The highest BCUT2D eigenvalue weighted by Crippen LogP contribution is 2.48. The summed E-state index contributed by atoms with van der Waals surface area (Å²) in [7, 11) is -1.37. The Bertz CT molecular complexity index is 376. The molecule has 0 aromatic heterocycles. The highest BCUT2D eigenvalue weighted by molar-refractivity contribution is 7.64. The van der Waals surface area contributed by atoms with Crippen LogP contribution in [-0.2, 0) is 13.8 Å². The summed E-state index contributed by atoms with van der Waals surface area (Å²) in [5.41, 5.74) is 0. The third kappa shape index (κ3) is 2.20. The molecule has 1 aliphatic heterocycles. The zero-order valence-electron chi connectivity index (χ0n) is 9.33. The molecule has 4 nitrogen and oxygen atoms in total. The fraction of sp³-hybridized carbons (Fsp3) is 0.455. The van der Waals surface area contributed by atoms with E-state index in [9.17, 15) is 4.57 Å². The minimum absolute atomic E-state index is 0.611. The third-order valence-corrected chi connectivity index (χ3v) is 5.28. The van der Waals surface area contributed by atoms with E-state index < -0.39 is 7.52 Å². The lowest BCUT2D eigenvalue weighted by Gasteiger charge is -2.32. The smallest absolute Gasteiger partial charge is 0.302 e. The van der Waals surface area contributed by atoms with Gasteiger partial charge in [0.1, 0.15) is 0 Å². The lowest BCUT2D eigenvalue weighted by Crippen LogP contribution is -2.37. The molecule has 88 valence electrons. The van der Waals surface area contributed by atoms with E-state index in [1.54, 1.807) is 0 Å². The van der Waals surface area contributed by atoms with Crippen molar-refractivity contribution < 1.29 is 13.8 Å². The molecule has 1 heterocycles. The SMILES string of the molecule is COP(=O)(c1ccccc1)N1CCOCC1. The highest BCUT2D eigenvalue weighted by atomic mass is 31.2. The summed E-state index contributed by atoms with van der Waals surface area (Å²) < 4.78 is 25.2. The van der Waals surface area contributed by atoms with Crippen LogP contribution in [0.3, 0.4) is 0 Å². The predicted octanol–water partition coefficient (Wildman–Crippen LogP) is 1.48. The summed E-state index contributed by atoms with van der Waals surface area (Å²) in [6, 6.07) is 9.35. The molecule has 0 saturated carbocycles. The first-order valence-electron chi connectivity index (χ1n) is 5.32. The number of benzene rings is 1. The normalized spacial score (nSPS) is 21.6. The summed E-state index contributed by atoms with van der Waals surface area (Å²) in [6.07, 6.45) is 0. The number of morpholine rings is 1. The van der Waals surface area contributed by atoms with Crippen LogP contribution in [0.4, 0.5) is 0 Å². The second-order valence-electron chi connectivity index (χ2n) is 3.60. The molecule has 0 amide bonds. The van der Waals surface area contributed by atoms with E-state index >= 15 is 0 Å². The van der Waals surface area contributed by atoms with E-state index in [2.05, 4.69) is 0 Å². The summed E-state index contributed by atoms with van der Waals surface area (Å²) in [5, 5.41) is 0.749. The molecule has 2 rings (SSSR count). The Kier molecular flexibility index (Phi) is 3.77. The Morgan fingerprint density at radius 1 is 1.25 bits per heavy atom. The van der Waals surface area contributed by atoms with Gasteiger partial charge < -0.3 is 9.26 Å². The Labute approximate surface area is 95.7 Å². The average molecular weight is 241 g/mol. The number of hydrogen-bond acceptors (Lipinski definition) is 3. The molecule has 5 heteroatoms. The number of ether oxygens (including phenoxy) is 1. The van der Waals surface area contributed by atoms with Crippen molar-refractivity contribution in [1.82, 2.24) is 4.67 Å². The maximum Gasteiger partial charge on any atom is 0.302 e.